The molecule has 5 nitrogen and oxygen atoms in total. The van der Waals surface area contributed by atoms with Crippen LogP contribution in [0.3, 0.4) is 0 Å². The first-order chi connectivity index (χ1) is 8.52. The molecular weight excluding hydrogens is 231 g/mol. The highest BCUT2D eigenvalue weighted by atomic mass is 16.5. The monoisotopic (exact) mass is 246 g/mol. The van der Waals surface area contributed by atoms with Crippen molar-refractivity contribution in [1.29, 1.82) is 0 Å². The molecule has 0 radical (unpaired) electrons. The second kappa shape index (κ2) is 4.92. The van der Waals surface area contributed by atoms with Gasteiger partial charge in [-0.2, -0.15) is 0 Å². The van der Waals surface area contributed by atoms with Crippen molar-refractivity contribution in [3.63, 3.8) is 0 Å². The van der Waals surface area contributed by atoms with E-state index in [1.165, 1.54) is 0 Å². The van der Waals surface area contributed by atoms with Crippen LogP contribution >= 0.6 is 0 Å². The maximum atomic E-state index is 9.34. The number of aryl methyl sites for hydroxylation is 2. The van der Waals surface area contributed by atoms with Crippen molar-refractivity contribution < 1.29 is 14.8 Å². The van der Waals surface area contributed by atoms with E-state index in [-0.39, 0.29) is 0 Å². The number of ether oxygens (including phenoxy) is 1. The third kappa shape index (κ3) is 2.30. The third-order valence-electron chi connectivity index (χ3n) is 2.78. The van der Waals surface area contributed by atoms with Crippen LogP contribution < -0.4 is 10.2 Å². The lowest BCUT2D eigenvalue weighted by Crippen LogP contribution is -2.31. The number of fused-ring (bicyclic) bond motifs is 1. The lowest BCUT2D eigenvalue weighted by atomic mass is 9.79. The highest BCUT2D eigenvalue weighted by molar-refractivity contribution is 6.60. The second-order valence-corrected chi connectivity index (χ2v) is 4.08. The largest absolute Gasteiger partial charge is 0.494 e. The molecule has 0 unspecified atom stereocenters. The van der Waals surface area contributed by atoms with Crippen molar-refractivity contribution in [3.05, 3.63) is 23.5 Å². The number of rotatable bonds is 3. The molecule has 0 aliphatic heterocycles. The Kier molecular flexibility index (Phi) is 3.49. The Morgan fingerprint density at radius 3 is 2.17 bits per heavy atom. The molecule has 0 fully saturated rings. The standard InChI is InChI=1S/C12H15BN2O3/c1-4-18-12-6-11-10(5-9(12)13(16)17)14-7(2)8(3)15-11/h5-6,16-17H,4H2,1-3H3. The van der Waals surface area contributed by atoms with Gasteiger partial charge in [0.25, 0.3) is 0 Å². The highest BCUT2D eigenvalue weighted by Crippen LogP contribution is 2.18. The minimum atomic E-state index is -1.58. The van der Waals surface area contributed by atoms with E-state index in [1.54, 1.807) is 12.1 Å². The molecule has 2 rings (SSSR count). The zero-order valence-corrected chi connectivity index (χ0v) is 10.6. The Bertz CT molecular complexity index is 587. The Balaban J connectivity index is 2.68. The summed E-state index contributed by atoms with van der Waals surface area (Å²) in [5, 5.41) is 18.7. The molecule has 1 aromatic carbocycles. The van der Waals surface area contributed by atoms with Gasteiger partial charge < -0.3 is 14.8 Å². The average Bonchev–Trinajstić information content (AvgIpc) is 2.30. The summed E-state index contributed by atoms with van der Waals surface area (Å²) in [6, 6.07) is 3.29. The quantitative estimate of drug-likeness (QED) is 0.763. The van der Waals surface area contributed by atoms with Gasteiger partial charge in [-0.15, -0.1) is 0 Å². The van der Waals surface area contributed by atoms with Crippen molar-refractivity contribution in [2.75, 3.05) is 6.61 Å². The highest BCUT2D eigenvalue weighted by Gasteiger charge is 2.19. The first-order valence-electron chi connectivity index (χ1n) is 5.80. The predicted molar refractivity (Wildman–Crippen MR) is 70.0 cm³/mol. The summed E-state index contributed by atoms with van der Waals surface area (Å²) in [4.78, 5) is 8.79. The SMILES string of the molecule is CCOc1cc2nc(C)c(C)nc2cc1B(O)O. The lowest BCUT2D eigenvalue weighted by molar-refractivity contribution is 0.340. The van der Waals surface area contributed by atoms with Gasteiger partial charge >= 0.3 is 7.12 Å². The van der Waals surface area contributed by atoms with E-state index in [4.69, 9.17) is 4.74 Å². The molecule has 1 heterocycles. The summed E-state index contributed by atoms with van der Waals surface area (Å²) >= 11 is 0. The summed E-state index contributed by atoms with van der Waals surface area (Å²) in [6.45, 7) is 6.04. The maximum absolute atomic E-state index is 9.34. The van der Waals surface area contributed by atoms with E-state index in [1.807, 2.05) is 20.8 Å². The average molecular weight is 246 g/mol. The predicted octanol–water partition coefficient (Wildman–Crippen LogP) is 0.325. The Labute approximate surface area is 106 Å². The fraction of sp³-hybridized carbons (Fsp3) is 0.333. The zero-order chi connectivity index (χ0) is 13.3. The summed E-state index contributed by atoms with van der Waals surface area (Å²) in [5.41, 5.74) is 3.30. The minimum Gasteiger partial charge on any atom is -0.494 e. The van der Waals surface area contributed by atoms with Gasteiger partial charge in [0.1, 0.15) is 5.75 Å². The molecule has 2 aromatic rings. The maximum Gasteiger partial charge on any atom is 0.492 e. The molecule has 0 aliphatic carbocycles. The van der Waals surface area contributed by atoms with Gasteiger partial charge in [0.15, 0.2) is 0 Å². The second-order valence-electron chi connectivity index (χ2n) is 4.08. The molecular formula is C12H15BN2O3. The van der Waals surface area contributed by atoms with Crippen LogP contribution in [0.4, 0.5) is 0 Å². The van der Waals surface area contributed by atoms with Crippen LogP contribution in [-0.4, -0.2) is 33.7 Å². The Morgan fingerprint density at radius 1 is 1.11 bits per heavy atom. The van der Waals surface area contributed by atoms with Crippen LogP contribution in [0.2, 0.25) is 0 Å². The van der Waals surface area contributed by atoms with Crippen molar-refractivity contribution in [3.8, 4) is 5.75 Å². The number of hydrogen-bond acceptors (Lipinski definition) is 5. The summed E-state index contributed by atoms with van der Waals surface area (Å²) in [5.74, 6) is 0.428. The molecule has 0 amide bonds. The van der Waals surface area contributed by atoms with Gasteiger partial charge in [-0.25, -0.2) is 9.97 Å². The minimum absolute atomic E-state index is 0.307. The molecule has 0 saturated heterocycles. The van der Waals surface area contributed by atoms with Gasteiger partial charge in [-0.3, -0.25) is 0 Å². The van der Waals surface area contributed by atoms with Gasteiger partial charge in [-0.1, -0.05) is 0 Å². The van der Waals surface area contributed by atoms with Crippen LogP contribution in [0.25, 0.3) is 11.0 Å². The fourth-order valence-corrected chi connectivity index (χ4v) is 1.76. The van der Waals surface area contributed by atoms with Crippen molar-refractivity contribution in [1.82, 2.24) is 9.97 Å². The molecule has 18 heavy (non-hydrogen) atoms. The molecule has 6 heteroatoms. The summed E-state index contributed by atoms with van der Waals surface area (Å²) < 4.78 is 5.39. The first-order valence-corrected chi connectivity index (χ1v) is 5.80. The topological polar surface area (TPSA) is 75.5 Å². The number of hydrogen-bond donors (Lipinski definition) is 2. The van der Waals surface area contributed by atoms with E-state index in [0.29, 0.717) is 28.9 Å². The van der Waals surface area contributed by atoms with Crippen LogP contribution in [-0.2, 0) is 0 Å². The Hall–Kier alpha value is -1.66. The van der Waals surface area contributed by atoms with Gasteiger partial charge in [0.2, 0.25) is 0 Å². The van der Waals surface area contributed by atoms with Crippen LogP contribution in [0, 0.1) is 13.8 Å². The normalized spacial score (nSPS) is 10.7. The van der Waals surface area contributed by atoms with Crippen molar-refractivity contribution in [2.45, 2.75) is 20.8 Å². The van der Waals surface area contributed by atoms with E-state index < -0.39 is 7.12 Å². The van der Waals surface area contributed by atoms with E-state index in [2.05, 4.69) is 9.97 Å². The fourth-order valence-electron chi connectivity index (χ4n) is 1.76. The Morgan fingerprint density at radius 2 is 1.67 bits per heavy atom. The van der Waals surface area contributed by atoms with Crippen molar-refractivity contribution >= 4 is 23.6 Å². The molecule has 0 spiro atoms. The van der Waals surface area contributed by atoms with Crippen LogP contribution in [0.15, 0.2) is 12.1 Å². The molecule has 0 aliphatic rings. The summed E-state index contributed by atoms with van der Waals surface area (Å²) in [7, 11) is -1.58. The van der Waals surface area contributed by atoms with Crippen molar-refractivity contribution in [2.24, 2.45) is 0 Å². The van der Waals surface area contributed by atoms with Gasteiger partial charge in [-0.05, 0) is 26.8 Å². The molecule has 94 valence electrons. The van der Waals surface area contributed by atoms with Crippen LogP contribution in [0.1, 0.15) is 18.3 Å². The molecule has 2 N–H and O–H groups in total. The van der Waals surface area contributed by atoms with Gasteiger partial charge in [0, 0.05) is 11.5 Å². The van der Waals surface area contributed by atoms with E-state index >= 15 is 0 Å². The molecule has 0 bridgehead atoms. The number of nitrogens with zero attached hydrogens (tertiary/aromatic N) is 2. The first kappa shape index (κ1) is 12.8. The number of benzene rings is 1. The number of aromatic nitrogens is 2. The smallest absolute Gasteiger partial charge is 0.492 e. The van der Waals surface area contributed by atoms with E-state index in [9.17, 15) is 10.0 Å². The van der Waals surface area contributed by atoms with E-state index in [0.717, 1.165) is 11.4 Å². The summed E-state index contributed by atoms with van der Waals surface area (Å²) in [6.07, 6.45) is 0. The molecule has 0 saturated carbocycles. The van der Waals surface area contributed by atoms with Crippen LogP contribution in [0.5, 0.6) is 5.75 Å². The third-order valence-corrected chi connectivity index (χ3v) is 2.78. The zero-order valence-electron chi connectivity index (χ0n) is 10.6. The van der Waals surface area contributed by atoms with Gasteiger partial charge in [0.05, 0.1) is 29.0 Å². The molecule has 0 atom stereocenters. The molecule has 1 aromatic heterocycles. The lowest BCUT2D eigenvalue weighted by Gasteiger charge is -2.11.